The molecule has 4 nitrogen and oxygen atoms in total. The minimum absolute atomic E-state index is 0.0165. The molecular formula is C16H22N2O2. The minimum Gasteiger partial charge on any atom is -0.353 e. The van der Waals surface area contributed by atoms with Crippen LogP contribution in [-0.2, 0) is 4.79 Å². The second kappa shape index (κ2) is 5.37. The van der Waals surface area contributed by atoms with Crippen LogP contribution in [0.25, 0.3) is 0 Å². The van der Waals surface area contributed by atoms with Crippen LogP contribution in [0.1, 0.15) is 35.3 Å². The number of rotatable bonds is 3. The molecule has 0 unspecified atom stereocenters. The number of carbonyl (C=O) groups excluding carboxylic acids is 2. The Morgan fingerprint density at radius 3 is 2.70 bits per heavy atom. The van der Waals surface area contributed by atoms with Gasteiger partial charge in [-0.2, -0.15) is 0 Å². The van der Waals surface area contributed by atoms with E-state index in [4.69, 9.17) is 0 Å². The Hall–Kier alpha value is -1.68. The third-order valence-electron chi connectivity index (χ3n) is 4.03. The molecule has 1 amide bonds. The predicted molar refractivity (Wildman–Crippen MR) is 78.9 cm³/mol. The number of amides is 1. The second-order valence-electron chi connectivity index (χ2n) is 5.98. The first-order valence-electron chi connectivity index (χ1n) is 6.96. The highest BCUT2D eigenvalue weighted by Gasteiger charge is 2.38. The summed E-state index contributed by atoms with van der Waals surface area (Å²) in [6.45, 7) is 9.27. The molecule has 0 bridgehead atoms. The van der Waals surface area contributed by atoms with Crippen LogP contribution in [0.3, 0.4) is 0 Å². The van der Waals surface area contributed by atoms with Crippen molar-refractivity contribution in [3.63, 3.8) is 0 Å². The normalized spacial score (nSPS) is 18.7. The maximum atomic E-state index is 12.5. The van der Waals surface area contributed by atoms with Crippen molar-refractivity contribution in [1.29, 1.82) is 0 Å². The van der Waals surface area contributed by atoms with E-state index < -0.39 is 5.54 Å². The van der Waals surface area contributed by atoms with Gasteiger partial charge in [0, 0.05) is 18.7 Å². The van der Waals surface area contributed by atoms with E-state index >= 15 is 0 Å². The molecule has 0 spiro atoms. The molecule has 1 aromatic carbocycles. The Morgan fingerprint density at radius 2 is 2.05 bits per heavy atom. The lowest BCUT2D eigenvalue weighted by molar-refractivity contribution is -0.134. The van der Waals surface area contributed by atoms with Crippen molar-refractivity contribution in [1.82, 2.24) is 10.2 Å². The lowest BCUT2D eigenvalue weighted by Crippen LogP contribution is -2.62. The van der Waals surface area contributed by atoms with Crippen molar-refractivity contribution in [2.75, 3.05) is 19.6 Å². The van der Waals surface area contributed by atoms with Gasteiger partial charge in [0.25, 0.3) is 0 Å². The first kappa shape index (κ1) is 14.7. The SMILES string of the molecule is Cc1ccc(C(=O)CN2CCNC(=O)C2(C)C)c(C)c1. The Labute approximate surface area is 120 Å². The van der Waals surface area contributed by atoms with E-state index in [-0.39, 0.29) is 18.2 Å². The number of hydrogen-bond acceptors (Lipinski definition) is 3. The quantitative estimate of drug-likeness (QED) is 0.853. The highest BCUT2D eigenvalue weighted by molar-refractivity contribution is 5.99. The van der Waals surface area contributed by atoms with E-state index in [1.165, 1.54) is 0 Å². The molecule has 108 valence electrons. The fourth-order valence-electron chi connectivity index (χ4n) is 2.61. The summed E-state index contributed by atoms with van der Waals surface area (Å²) in [5.74, 6) is 0.0578. The number of aryl methyl sites for hydroxylation is 2. The van der Waals surface area contributed by atoms with Gasteiger partial charge in [-0.25, -0.2) is 0 Å². The van der Waals surface area contributed by atoms with Crippen LogP contribution in [0.4, 0.5) is 0 Å². The van der Waals surface area contributed by atoms with E-state index in [0.717, 1.165) is 16.7 Å². The van der Waals surface area contributed by atoms with Gasteiger partial charge >= 0.3 is 0 Å². The van der Waals surface area contributed by atoms with Crippen molar-refractivity contribution in [3.8, 4) is 0 Å². The maximum absolute atomic E-state index is 12.5. The van der Waals surface area contributed by atoms with Crippen molar-refractivity contribution < 1.29 is 9.59 Å². The number of piperazine rings is 1. The third-order valence-corrected chi connectivity index (χ3v) is 4.03. The lowest BCUT2D eigenvalue weighted by Gasteiger charge is -2.40. The first-order chi connectivity index (χ1) is 9.32. The molecule has 1 aliphatic heterocycles. The number of benzene rings is 1. The lowest BCUT2D eigenvalue weighted by atomic mass is 9.96. The molecule has 1 aliphatic rings. The summed E-state index contributed by atoms with van der Waals surface area (Å²) in [5.41, 5.74) is 2.26. The smallest absolute Gasteiger partial charge is 0.240 e. The molecule has 4 heteroatoms. The molecular weight excluding hydrogens is 252 g/mol. The fourth-order valence-corrected chi connectivity index (χ4v) is 2.61. The Balaban J connectivity index is 2.17. The highest BCUT2D eigenvalue weighted by atomic mass is 16.2. The van der Waals surface area contributed by atoms with Gasteiger partial charge < -0.3 is 5.32 Å². The van der Waals surface area contributed by atoms with Gasteiger partial charge in [0.1, 0.15) is 0 Å². The molecule has 0 atom stereocenters. The van der Waals surface area contributed by atoms with E-state index in [1.807, 2.05) is 50.8 Å². The summed E-state index contributed by atoms with van der Waals surface area (Å²) in [6, 6.07) is 5.85. The zero-order chi connectivity index (χ0) is 14.9. The summed E-state index contributed by atoms with van der Waals surface area (Å²) in [5, 5.41) is 2.84. The van der Waals surface area contributed by atoms with Gasteiger partial charge in [-0.1, -0.05) is 23.8 Å². The van der Waals surface area contributed by atoms with Crippen molar-refractivity contribution in [3.05, 3.63) is 34.9 Å². The molecule has 1 heterocycles. The summed E-state index contributed by atoms with van der Waals surface area (Å²) < 4.78 is 0. The average molecular weight is 274 g/mol. The zero-order valence-corrected chi connectivity index (χ0v) is 12.6. The molecule has 0 saturated carbocycles. The van der Waals surface area contributed by atoms with Crippen molar-refractivity contribution in [2.45, 2.75) is 33.2 Å². The number of Topliss-reactive ketones (excluding diaryl/α,β-unsaturated/α-hetero) is 1. The zero-order valence-electron chi connectivity index (χ0n) is 12.6. The molecule has 1 N–H and O–H groups in total. The topological polar surface area (TPSA) is 49.4 Å². The van der Waals surface area contributed by atoms with Crippen LogP contribution >= 0.6 is 0 Å². The number of nitrogens with one attached hydrogen (secondary N) is 1. The number of carbonyl (C=O) groups is 2. The molecule has 1 fully saturated rings. The van der Waals surface area contributed by atoms with Crippen LogP contribution in [0.15, 0.2) is 18.2 Å². The van der Waals surface area contributed by atoms with Crippen LogP contribution in [0, 0.1) is 13.8 Å². The monoisotopic (exact) mass is 274 g/mol. The first-order valence-corrected chi connectivity index (χ1v) is 6.96. The molecule has 1 aromatic rings. The van der Waals surface area contributed by atoms with Crippen LogP contribution in [0.2, 0.25) is 0 Å². The van der Waals surface area contributed by atoms with E-state index in [9.17, 15) is 9.59 Å². The van der Waals surface area contributed by atoms with Crippen molar-refractivity contribution in [2.24, 2.45) is 0 Å². The summed E-state index contributed by atoms with van der Waals surface area (Å²) in [7, 11) is 0. The van der Waals surface area contributed by atoms with Gasteiger partial charge in [-0.15, -0.1) is 0 Å². The molecule has 0 aromatic heterocycles. The Morgan fingerprint density at radius 1 is 1.35 bits per heavy atom. The van der Waals surface area contributed by atoms with Crippen LogP contribution in [-0.4, -0.2) is 41.8 Å². The highest BCUT2D eigenvalue weighted by Crippen LogP contribution is 2.19. The largest absolute Gasteiger partial charge is 0.353 e. The Bertz CT molecular complexity index is 549. The van der Waals surface area contributed by atoms with Gasteiger partial charge in [0.05, 0.1) is 12.1 Å². The molecule has 0 radical (unpaired) electrons. The van der Waals surface area contributed by atoms with Gasteiger partial charge in [-0.3, -0.25) is 14.5 Å². The molecule has 20 heavy (non-hydrogen) atoms. The van der Waals surface area contributed by atoms with Gasteiger partial charge in [0.15, 0.2) is 5.78 Å². The van der Waals surface area contributed by atoms with E-state index in [0.29, 0.717) is 13.1 Å². The summed E-state index contributed by atoms with van der Waals surface area (Å²) >= 11 is 0. The van der Waals surface area contributed by atoms with Crippen LogP contribution < -0.4 is 5.32 Å². The van der Waals surface area contributed by atoms with Gasteiger partial charge in [-0.05, 0) is 33.3 Å². The summed E-state index contributed by atoms with van der Waals surface area (Å²) in [6.07, 6.45) is 0. The standard InChI is InChI=1S/C16H22N2O2/c1-11-5-6-13(12(2)9-11)14(19)10-18-8-7-17-15(20)16(18,3)4/h5-6,9H,7-8,10H2,1-4H3,(H,17,20). The second-order valence-corrected chi connectivity index (χ2v) is 5.98. The third kappa shape index (κ3) is 2.75. The van der Waals surface area contributed by atoms with E-state index in [2.05, 4.69) is 5.32 Å². The predicted octanol–water partition coefficient (Wildman–Crippen LogP) is 1.70. The molecule has 2 rings (SSSR count). The number of hydrogen-bond donors (Lipinski definition) is 1. The molecule has 1 saturated heterocycles. The minimum atomic E-state index is -0.632. The fraction of sp³-hybridized carbons (Fsp3) is 0.500. The summed E-state index contributed by atoms with van der Waals surface area (Å²) in [4.78, 5) is 26.3. The van der Waals surface area contributed by atoms with Crippen molar-refractivity contribution >= 4 is 11.7 Å². The van der Waals surface area contributed by atoms with Gasteiger partial charge in [0.2, 0.25) is 5.91 Å². The molecule has 0 aliphatic carbocycles. The average Bonchev–Trinajstić information content (AvgIpc) is 2.35. The van der Waals surface area contributed by atoms with E-state index in [1.54, 1.807) is 0 Å². The number of nitrogens with zero attached hydrogens (tertiary/aromatic N) is 1. The Kier molecular flexibility index (Phi) is 3.95. The maximum Gasteiger partial charge on any atom is 0.240 e. The number of ketones is 1. The van der Waals surface area contributed by atoms with Crippen LogP contribution in [0.5, 0.6) is 0 Å².